The van der Waals surface area contributed by atoms with Gasteiger partial charge in [-0.15, -0.1) is 0 Å². The molecule has 1 aromatic carbocycles. The lowest BCUT2D eigenvalue weighted by atomic mass is 10.2. The highest BCUT2D eigenvalue weighted by molar-refractivity contribution is 5.83. The summed E-state index contributed by atoms with van der Waals surface area (Å²) in [7, 11) is 0. The van der Waals surface area contributed by atoms with Crippen molar-refractivity contribution in [2.75, 3.05) is 5.01 Å². The van der Waals surface area contributed by atoms with Crippen molar-refractivity contribution in [2.45, 2.75) is 19.4 Å². The Balaban J connectivity index is 2.83. The van der Waals surface area contributed by atoms with E-state index in [-0.39, 0.29) is 0 Å². The fourth-order valence-electron chi connectivity index (χ4n) is 1.32. The van der Waals surface area contributed by atoms with Gasteiger partial charge in [0.05, 0.1) is 5.69 Å². The summed E-state index contributed by atoms with van der Waals surface area (Å²) >= 11 is 0. The van der Waals surface area contributed by atoms with Gasteiger partial charge in [-0.1, -0.05) is 25.1 Å². The van der Waals surface area contributed by atoms with Crippen LogP contribution < -0.4 is 16.6 Å². The molecule has 4 nitrogen and oxygen atoms in total. The fraction of sp³-hybridized carbons (Fsp3) is 0.300. The highest BCUT2D eigenvalue weighted by atomic mass is 16.1. The number of nitrogens with zero attached hydrogens (tertiary/aromatic N) is 1. The minimum absolute atomic E-state index is 0.404. The lowest BCUT2D eigenvalue weighted by Crippen LogP contribution is -2.48. The van der Waals surface area contributed by atoms with Crippen molar-refractivity contribution < 1.29 is 4.79 Å². The summed E-state index contributed by atoms with van der Waals surface area (Å²) in [5, 5.41) is 1.41. The van der Waals surface area contributed by atoms with Gasteiger partial charge < -0.3 is 5.73 Å². The van der Waals surface area contributed by atoms with Crippen LogP contribution in [0.5, 0.6) is 0 Å². The van der Waals surface area contributed by atoms with Gasteiger partial charge in [0.15, 0.2) is 0 Å². The molecule has 0 heterocycles. The van der Waals surface area contributed by atoms with E-state index in [1.54, 1.807) is 0 Å². The van der Waals surface area contributed by atoms with Crippen LogP contribution >= 0.6 is 0 Å². The number of nitrogens with two attached hydrogens (primary N) is 2. The number of primary amides is 1. The Morgan fingerprint density at radius 3 is 2.43 bits per heavy atom. The Hall–Kier alpha value is -1.55. The number of carbonyl (C=O) groups is 1. The minimum Gasteiger partial charge on any atom is -0.368 e. The molecular formula is C10H15N3O. The molecular weight excluding hydrogens is 178 g/mol. The van der Waals surface area contributed by atoms with Crippen LogP contribution in [-0.2, 0) is 4.79 Å². The van der Waals surface area contributed by atoms with Gasteiger partial charge in [-0.2, -0.15) is 0 Å². The fourth-order valence-corrected chi connectivity index (χ4v) is 1.32. The van der Waals surface area contributed by atoms with E-state index in [1.165, 1.54) is 5.01 Å². The summed E-state index contributed by atoms with van der Waals surface area (Å²) in [4.78, 5) is 11.0. The second-order valence-corrected chi connectivity index (χ2v) is 3.07. The van der Waals surface area contributed by atoms with Gasteiger partial charge in [-0.25, -0.2) is 5.84 Å². The van der Waals surface area contributed by atoms with Gasteiger partial charge in [-0.05, 0) is 18.6 Å². The third kappa shape index (κ3) is 2.23. The Morgan fingerprint density at radius 1 is 1.43 bits per heavy atom. The number of carbonyl (C=O) groups excluding carboxylic acids is 1. The maximum Gasteiger partial charge on any atom is 0.241 e. The SMILES string of the molecule is CCC(C(N)=O)N(N)c1ccccc1. The van der Waals surface area contributed by atoms with Crippen LogP contribution in [0.15, 0.2) is 30.3 Å². The smallest absolute Gasteiger partial charge is 0.241 e. The van der Waals surface area contributed by atoms with E-state index < -0.39 is 11.9 Å². The average molecular weight is 193 g/mol. The maximum absolute atomic E-state index is 11.0. The van der Waals surface area contributed by atoms with Crippen molar-refractivity contribution in [3.05, 3.63) is 30.3 Å². The summed E-state index contributed by atoms with van der Waals surface area (Å²) < 4.78 is 0. The number of hydrazine groups is 1. The van der Waals surface area contributed by atoms with Gasteiger partial charge in [0.25, 0.3) is 0 Å². The van der Waals surface area contributed by atoms with Crippen molar-refractivity contribution in [2.24, 2.45) is 11.6 Å². The second kappa shape index (κ2) is 4.62. The largest absolute Gasteiger partial charge is 0.368 e. The molecule has 0 fully saturated rings. The Kier molecular flexibility index (Phi) is 3.48. The van der Waals surface area contributed by atoms with Gasteiger partial charge in [0, 0.05) is 0 Å². The first-order chi connectivity index (χ1) is 6.66. The Bertz CT molecular complexity index is 299. The average Bonchev–Trinajstić information content (AvgIpc) is 2.19. The molecule has 4 heteroatoms. The maximum atomic E-state index is 11.0. The van der Waals surface area contributed by atoms with Crippen LogP contribution in [0.4, 0.5) is 5.69 Å². The van der Waals surface area contributed by atoms with E-state index in [4.69, 9.17) is 11.6 Å². The van der Waals surface area contributed by atoms with Gasteiger partial charge in [0.1, 0.15) is 6.04 Å². The predicted molar refractivity (Wildman–Crippen MR) is 56.4 cm³/mol. The molecule has 1 amide bonds. The molecule has 0 radical (unpaired) electrons. The molecule has 0 aliphatic carbocycles. The van der Waals surface area contributed by atoms with E-state index in [2.05, 4.69) is 0 Å². The van der Waals surface area contributed by atoms with Gasteiger partial charge in [0.2, 0.25) is 5.91 Å². The van der Waals surface area contributed by atoms with Crippen LogP contribution in [0.25, 0.3) is 0 Å². The lowest BCUT2D eigenvalue weighted by Gasteiger charge is -2.25. The molecule has 1 aromatic rings. The van der Waals surface area contributed by atoms with Crippen molar-refractivity contribution in [3.8, 4) is 0 Å². The molecule has 0 saturated heterocycles. The zero-order valence-corrected chi connectivity index (χ0v) is 8.18. The molecule has 0 bridgehead atoms. The third-order valence-corrected chi connectivity index (χ3v) is 2.11. The van der Waals surface area contributed by atoms with E-state index >= 15 is 0 Å². The first-order valence-electron chi connectivity index (χ1n) is 4.55. The van der Waals surface area contributed by atoms with E-state index in [9.17, 15) is 4.79 Å². The number of rotatable bonds is 4. The third-order valence-electron chi connectivity index (χ3n) is 2.11. The summed E-state index contributed by atoms with van der Waals surface area (Å²) in [6.45, 7) is 1.87. The summed E-state index contributed by atoms with van der Waals surface area (Å²) in [6.07, 6.45) is 0.598. The lowest BCUT2D eigenvalue weighted by molar-refractivity contribution is -0.119. The molecule has 0 spiro atoms. The van der Waals surface area contributed by atoms with Crippen LogP contribution in [-0.4, -0.2) is 11.9 Å². The topological polar surface area (TPSA) is 72.4 Å². The summed E-state index contributed by atoms with van der Waals surface area (Å²) in [5.41, 5.74) is 6.01. The summed E-state index contributed by atoms with van der Waals surface area (Å²) in [6, 6.07) is 8.85. The first-order valence-corrected chi connectivity index (χ1v) is 4.55. The second-order valence-electron chi connectivity index (χ2n) is 3.07. The number of hydrogen-bond acceptors (Lipinski definition) is 3. The molecule has 0 aliphatic heterocycles. The van der Waals surface area contributed by atoms with Crippen LogP contribution in [0.1, 0.15) is 13.3 Å². The van der Waals surface area contributed by atoms with Gasteiger partial charge in [-0.3, -0.25) is 9.80 Å². The molecule has 4 N–H and O–H groups in total. The minimum atomic E-state index is -0.447. The zero-order valence-electron chi connectivity index (χ0n) is 8.18. The van der Waals surface area contributed by atoms with Crippen molar-refractivity contribution in [1.82, 2.24) is 0 Å². The van der Waals surface area contributed by atoms with Crippen LogP contribution in [0.3, 0.4) is 0 Å². The number of hydrogen-bond donors (Lipinski definition) is 2. The van der Waals surface area contributed by atoms with Crippen molar-refractivity contribution >= 4 is 11.6 Å². The number of amides is 1. The molecule has 1 rings (SSSR count). The quantitative estimate of drug-likeness (QED) is 0.544. The van der Waals surface area contributed by atoms with E-state index in [0.717, 1.165) is 5.69 Å². The van der Waals surface area contributed by atoms with Crippen molar-refractivity contribution in [1.29, 1.82) is 0 Å². The number of benzene rings is 1. The highest BCUT2D eigenvalue weighted by Crippen LogP contribution is 2.13. The Labute approximate surface area is 83.5 Å². The molecule has 14 heavy (non-hydrogen) atoms. The molecule has 0 aliphatic rings. The molecule has 0 saturated carbocycles. The molecule has 1 unspecified atom stereocenters. The van der Waals surface area contributed by atoms with E-state index in [1.807, 2.05) is 37.3 Å². The predicted octanol–water partition coefficient (Wildman–Crippen LogP) is 0.631. The van der Waals surface area contributed by atoms with Gasteiger partial charge >= 0.3 is 0 Å². The van der Waals surface area contributed by atoms with Crippen molar-refractivity contribution in [3.63, 3.8) is 0 Å². The first kappa shape index (κ1) is 10.5. The Morgan fingerprint density at radius 2 is 2.00 bits per heavy atom. The summed E-state index contributed by atoms with van der Waals surface area (Å²) in [5.74, 6) is 5.38. The highest BCUT2D eigenvalue weighted by Gasteiger charge is 2.19. The zero-order chi connectivity index (χ0) is 10.6. The normalized spacial score (nSPS) is 12.1. The van der Waals surface area contributed by atoms with E-state index in [0.29, 0.717) is 6.42 Å². The number of para-hydroxylation sites is 1. The van der Waals surface area contributed by atoms with Crippen LogP contribution in [0.2, 0.25) is 0 Å². The number of anilines is 1. The monoisotopic (exact) mass is 193 g/mol. The molecule has 1 atom stereocenters. The van der Waals surface area contributed by atoms with Crippen LogP contribution in [0, 0.1) is 0 Å². The molecule has 0 aromatic heterocycles. The standard InChI is InChI=1S/C10H15N3O/c1-2-9(10(11)14)13(12)8-6-4-3-5-7-8/h3-7,9H,2,12H2,1H3,(H2,11,14). The molecule has 76 valence electrons.